The minimum Gasteiger partial charge on any atom is -0.489 e. The van der Waals surface area contributed by atoms with Crippen molar-refractivity contribution < 1.29 is 9.47 Å². The molecule has 0 bridgehead atoms. The second-order valence-corrected chi connectivity index (χ2v) is 5.84. The van der Waals surface area contributed by atoms with Crippen LogP contribution in [0.25, 0.3) is 0 Å². The average molecular weight is 318 g/mol. The summed E-state index contributed by atoms with van der Waals surface area (Å²) in [5.74, 6) is 0.838. The summed E-state index contributed by atoms with van der Waals surface area (Å²) in [5, 5.41) is 0.722. The Labute approximate surface area is 136 Å². The Kier molecular flexibility index (Phi) is 5.33. The molecule has 0 saturated carbocycles. The van der Waals surface area contributed by atoms with Crippen LogP contribution in [0.3, 0.4) is 0 Å². The largest absolute Gasteiger partial charge is 0.489 e. The summed E-state index contributed by atoms with van der Waals surface area (Å²) >= 11 is 5.89. The molecule has 0 N–H and O–H groups in total. The molecule has 3 nitrogen and oxygen atoms in total. The van der Waals surface area contributed by atoms with Gasteiger partial charge < -0.3 is 9.47 Å². The summed E-state index contributed by atoms with van der Waals surface area (Å²) in [7, 11) is 0. The fraction of sp³-hybridized carbons (Fsp3) is 0.333. The lowest BCUT2D eigenvalue weighted by atomic mass is 10.1. The summed E-state index contributed by atoms with van der Waals surface area (Å²) < 4.78 is 11.3. The normalized spacial score (nSPS) is 15.7. The highest BCUT2D eigenvalue weighted by atomic mass is 35.5. The van der Waals surface area contributed by atoms with E-state index in [0.29, 0.717) is 6.61 Å². The fourth-order valence-electron chi connectivity index (χ4n) is 2.54. The molecule has 1 fully saturated rings. The molecule has 1 heterocycles. The highest BCUT2D eigenvalue weighted by Crippen LogP contribution is 2.19. The third-order valence-electron chi connectivity index (χ3n) is 3.82. The molecule has 1 aliphatic heterocycles. The zero-order valence-corrected chi connectivity index (χ0v) is 13.3. The van der Waals surface area contributed by atoms with E-state index < -0.39 is 0 Å². The number of benzene rings is 2. The summed E-state index contributed by atoms with van der Waals surface area (Å²) in [6.45, 7) is 5.15. The zero-order chi connectivity index (χ0) is 15.2. The predicted octanol–water partition coefficient (Wildman–Crippen LogP) is 3.75. The van der Waals surface area contributed by atoms with E-state index in [2.05, 4.69) is 29.2 Å². The standard InChI is InChI=1S/C18H20ClNO2/c19-17-5-7-18(8-6-17)22-14-16-4-2-1-3-15(16)13-20-9-11-21-12-10-20/h1-8H,9-14H2. The molecule has 0 unspecified atom stereocenters. The molecule has 0 aliphatic carbocycles. The average Bonchev–Trinajstić information content (AvgIpc) is 2.56. The van der Waals surface area contributed by atoms with Crippen molar-refractivity contribution >= 4 is 11.6 Å². The summed E-state index contributed by atoms with van der Waals surface area (Å²) in [5.41, 5.74) is 2.54. The molecule has 4 heteroatoms. The van der Waals surface area contributed by atoms with Crippen molar-refractivity contribution in [2.45, 2.75) is 13.2 Å². The smallest absolute Gasteiger partial charge is 0.119 e. The number of rotatable bonds is 5. The molecule has 2 aromatic rings. The van der Waals surface area contributed by atoms with Crippen molar-refractivity contribution in [2.24, 2.45) is 0 Å². The van der Waals surface area contributed by atoms with E-state index in [1.54, 1.807) is 0 Å². The maximum absolute atomic E-state index is 5.89. The van der Waals surface area contributed by atoms with Crippen LogP contribution in [0, 0.1) is 0 Å². The first kappa shape index (κ1) is 15.3. The van der Waals surface area contributed by atoms with Crippen LogP contribution in [0.5, 0.6) is 5.75 Å². The lowest BCUT2D eigenvalue weighted by Crippen LogP contribution is -2.35. The molecular weight excluding hydrogens is 298 g/mol. The number of morpholine rings is 1. The minimum absolute atomic E-state index is 0.572. The van der Waals surface area contributed by atoms with Gasteiger partial charge in [-0.2, -0.15) is 0 Å². The molecule has 0 amide bonds. The molecule has 0 atom stereocenters. The topological polar surface area (TPSA) is 21.7 Å². The number of nitrogens with zero attached hydrogens (tertiary/aromatic N) is 1. The van der Waals surface area contributed by atoms with Gasteiger partial charge in [0.05, 0.1) is 13.2 Å². The van der Waals surface area contributed by atoms with Gasteiger partial charge in [0.2, 0.25) is 0 Å². The third kappa shape index (κ3) is 4.23. The van der Waals surface area contributed by atoms with Gasteiger partial charge in [-0.15, -0.1) is 0 Å². The van der Waals surface area contributed by atoms with E-state index >= 15 is 0 Å². The van der Waals surface area contributed by atoms with Gasteiger partial charge >= 0.3 is 0 Å². The van der Waals surface area contributed by atoms with Gasteiger partial charge in [0, 0.05) is 24.7 Å². The van der Waals surface area contributed by atoms with E-state index in [9.17, 15) is 0 Å². The molecule has 0 aromatic heterocycles. The Morgan fingerprint density at radius 3 is 2.36 bits per heavy atom. The quantitative estimate of drug-likeness (QED) is 0.838. The Morgan fingerprint density at radius 1 is 0.955 bits per heavy atom. The van der Waals surface area contributed by atoms with Gasteiger partial charge in [-0.05, 0) is 35.4 Å². The van der Waals surface area contributed by atoms with E-state index in [1.807, 2.05) is 24.3 Å². The molecule has 116 valence electrons. The first-order valence-corrected chi connectivity index (χ1v) is 7.94. The Bertz CT molecular complexity index is 594. The predicted molar refractivity (Wildman–Crippen MR) is 88.3 cm³/mol. The number of hydrogen-bond acceptors (Lipinski definition) is 3. The Hall–Kier alpha value is -1.55. The zero-order valence-electron chi connectivity index (χ0n) is 12.5. The van der Waals surface area contributed by atoms with E-state index in [-0.39, 0.29) is 0 Å². The highest BCUT2D eigenvalue weighted by Gasteiger charge is 2.12. The number of hydrogen-bond donors (Lipinski definition) is 0. The number of halogens is 1. The SMILES string of the molecule is Clc1ccc(OCc2ccccc2CN2CCOCC2)cc1. The van der Waals surface area contributed by atoms with Gasteiger partial charge in [-0.3, -0.25) is 4.90 Å². The molecular formula is C18H20ClNO2. The lowest BCUT2D eigenvalue weighted by molar-refractivity contribution is 0.0339. The van der Waals surface area contributed by atoms with Crippen LogP contribution in [0.2, 0.25) is 5.02 Å². The Morgan fingerprint density at radius 2 is 1.64 bits per heavy atom. The molecule has 0 spiro atoms. The minimum atomic E-state index is 0.572. The van der Waals surface area contributed by atoms with Gasteiger partial charge in [0.15, 0.2) is 0 Å². The second kappa shape index (κ2) is 7.63. The van der Waals surface area contributed by atoms with Gasteiger partial charge in [0.25, 0.3) is 0 Å². The monoisotopic (exact) mass is 317 g/mol. The maximum atomic E-state index is 5.89. The van der Waals surface area contributed by atoms with E-state index in [4.69, 9.17) is 21.1 Å². The van der Waals surface area contributed by atoms with Crippen LogP contribution in [-0.4, -0.2) is 31.2 Å². The fourth-order valence-corrected chi connectivity index (χ4v) is 2.67. The highest BCUT2D eigenvalue weighted by molar-refractivity contribution is 6.30. The number of ether oxygens (including phenoxy) is 2. The molecule has 1 aliphatic rings. The molecule has 2 aromatic carbocycles. The Balaban J connectivity index is 1.64. The summed E-state index contributed by atoms with van der Waals surface area (Å²) in [6.07, 6.45) is 0. The lowest BCUT2D eigenvalue weighted by Gasteiger charge is -2.27. The molecule has 1 saturated heterocycles. The van der Waals surface area contributed by atoms with Crippen molar-refractivity contribution in [2.75, 3.05) is 26.3 Å². The van der Waals surface area contributed by atoms with Crippen molar-refractivity contribution in [3.05, 3.63) is 64.7 Å². The van der Waals surface area contributed by atoms with Crippen molar-refractivity contribution in [3.63, 3.8) is 0 Å². The van der Waals surface area contributed by atoms with Gasteiger partial charge in [-0.1, -0.05) is 35.9 Å². The second-order valence-electron chi connectivity index (χ2n) is 5.40. The van der Waals surface area contributed by atoms with Crippen LogP contribution in [-0.2, 0) is 17.9 Å². The first-order chi connectivity index (χ1) is 10.8. The van der Waals surface area contributed by atoms with Gasteiger partial charge in [0.1, 0.15) is 12.4 Å². The third-order valence-corrected chi connectivity index (χ3v) is 4.08. The molecule has 22 heavy (non-hydrogen) atoms. The maximum Gasteiger partial charge on any atom is 0.119 e. The van der Waals surface area contributed by atoms with Crippen molar-refractivity contribution in [3.8, 4) is 5.75 Å². The van der Waals surface area contributed by atoms with Crippen molar-refractivity contribution in [1.29, 1.82) is 0 Å². The van der Waals surface area contributed by atoms with Crippen molar-refractivity contribution in [1.82, 2.24) is 4.90 Å². The molecule has 3 rings (SSSR count). The first-order valence-electron chi connectivity index (χ1n) is 7.56. The van der Waals surface area contributed by atoms with Crippen LogP contribution >= 0.6 is 11.6 Å². The van der Waals surface area contributed by atoms with Crippen LogP contribution < -0.4 is 4.74 Å². The summed E-state index contributed by atoms with van der Waals surface area (Å²) in [4.78, 5) is 2.42. The van der Waals surface area contributed by atoms with E-state index in [0.717, 1.165) is 43.6 Å². The van der Waals surface area contributed by atoms with E-state index in [1.165, 1.54) is 11.1 Å². The van der Waals surface area contributed by atoms with Crippen LogP contribution in [0.1, 0.15) is 11.1 Å². The van der Waals surface area contributed by atoms with Crippen LogP contribution in [0.4, 0.5) is 0 Å². The van der Waals surface area contributed by atoms with Crippen LogP contribution in [0.15, 0.2) is 48.5 Å². The summed E-state index contributed by atoms with van der Waals surface area (Å²) in [6, 6.07) is 15.9. The van der Waals surface area contributed by atoms with Gasteiger partial charge in [-0.25, -0.2) is 0 Å². The molecule has 0 radical (unpaired) electrons.